The normalized spacial score (nSPS) is 12.7. The lowest BCUT2D eigenvalue weighted by Crippen LogP contribution is -2.17. The highest BCUT2D eigenvalue weighted by atomic mass is 31.2. The van der Waals surface area contributed by atoms with Gasteiger partial charge in [0.05, 0.1) is 0 Å². The van der Waals surface area contributed by atoms with Crippen LogP contribution in [0.15, 0.2) is 42.5 Å². The first-order valence-electron chi connectivity index (χ1n) is 6.59. The Bertz CT molecular complexity index is 726. The molecule has 0 heterocycles. The lowest BCUT2D eigenvalue weighted by Gasteiger charge is -2.16. The number of aryl methyl sites for hydroxylation is 1. The fourth-order valence-corrected chi connectivity index (χ4v) is 3.75. The minimum Gasteiger partial charge on any atom is -0.336 e. The zero-order valence-corrected chi connectivity index (χ0v) is 14.8. The van der Waals surface area contributed by atoms with Crippen LogP contribution in [0.5, 0.6) is 0 Å². The van der Waals surface area contributed by atoms with Gasteiger partial charge in [-0.15, -0.1) is 0 Å². The summed E-state index contributed by atoms with van der Waals surface area (Å²) in [5.41, 5.74) is 2.23. The molecule has 0 bridgehead atoms. The molecule has 0 fully saturated rings. The molecule has 4 nitrogen and oxygen atoms in total. The van der Waals surface area contributed by atoms with Crippen LogP contribution in [0.1, 0.15) is 27.0 Å². The van der Waals surface area contributed by atoms with Crippen LogP contribution in [0.3, 0.4) is 0 Å². The van der Waals surface area contributed by atoms with E-state index in [0.717, 1.165) is 11.1 Å². The number of benzene rings is 2. The first kappa shape index (κ1) is 18.4. The monoisotopic (exact) mass is 337 g/mol. The third-order valence-electron chi connectivity index (χ3n) is 3.65. The first-order chi connectivity index (χ1) is 10.4. The molecule has 0 aliphatic rings. The van der Waals surface area contributed by atoms with Crippen LogP contribution in [-0.4, -0.2) is 10.4 Å². The van der Waals surface area contributed by atoms with Gasteiger partial charge in [0.2, 0.25) is 0 Å². The van der Waals surface area contributed by atoms with Crippen molar-refractivity contribution in [2.45, 2.75) is 20.8 Å². The summed E-state index contributed by atoms with van der Waals surface area (Å²) < 4.78 is 20.8. The van der Waals surface area contributed by atoms with Crippen LogP contribution in [0.4, 0.5) is 0 Å². The van der Waals surface area contributed by atoms with Gasteiger partial charge < -0.3 is 4.89 Å². The molecule has 2 atom stereocenters. The summed E-state index contributed by atoms with van der Waals surface area (Å²) in [7, 11) is -2.91. The average Bonchev–Trinajstić information content (AvgIpc) is 2.54. The Morgan fingerprint density at radius 1 is 0.955 bits per heavy atom. The summed E-state index contributed by atoms with van der Waals surface area (Å²) in [4.78, 5) is 22.6. The van der Waals surface area contributed by atoms with Gasteiger partial charge in [-0.1, -0.05) is 41.0 Å². The molecular formula is C16H19O4P2+. The molecular weight excluding hydrogens is 318 g/mol. The SMILES string of the molecule is Cc1ccc(P(=O)(O)C(=O)c2ccccc2)c(C)c1C.O=[PH2+]. The first-order valence-corrected chi connectivity index (χ1v) is 8.72. The molecule has 116 valence electrons. The molecule has 0 saturated carbocycles. The van der Waals surface area contributed by atoms with Crippen molar-refractivity contribution in [3.05, 3.63) is 64.7 Å². The summed E-state index contributed by atoms with van der Waals surface area (Å²) >= 11 is 0. The van der Waals surface area contributed by atoms with Crippen LogP contribution >= 0.6 is 16.5 Å². The Labute approximate surface area is 132 Å². The van der Waals surface area contributed by atoms with Crippen LogP contribution in [0, 0.1) is 20.8 Å². The molecule has 0 saturated heterocycles. The highest BCUT2D eigenvalue weighted by Crippen LogP contribution is 2.44. The maximum absolute atomic E-state index is 12.6. The number of rotatable bonds is 3. The van der Waals surface area contributed by atoms with E-state index in [9.17, 15) is 14.3 Å². The Balaban J connectivity index is 0.00000116. The van der Waals surface area contributed by atoms with E-state index < -0.39 is 12.9 Å². The van der Waals surface area contributed by atoms with Crippen molar-refractivity contribution in [2.24, 2.45) is 0 Å². The van der Waals surface area contributed by atoms with E-state index in [-0.39, 0.29) is 10.9 Å². The van der Waals surface area contributed by atoms with Crippen molar-refractivity contribution in [3.63, 3.8) is 0 Å². The van der Waals surface area contributed by atoms with E-state index >= 15 is 0 Å². The zero-order chi connectivity index (χ0) is 16.9. The molecule has 22 heavy (non-hydrogen) atoms. The Morgan fingerprint density at radius 3 is 2.05 bits per heavy atom. The minimum atomic E-state index is -4.08. The van der Waals surface area contributed by atoms with E-state index in [1.807, 2.05) is 13.8 Å². The van der Waals surface area contributed by atoms with Gasteiger partial charge in [0.15, 0.2) is 0 Å². The summed E-state index contributed by atoms with van der Waals surface area (Å²) in [5, 5.41) is 0.231. The van der Waals surface area contributed by atoms with Crippen molar-refractivity contribution in [3.8, 4) is 0 Å². The molecule has 2 aromatic carbocycles. The quantitative estimate of drug-likeness (QED) is 0.870. The summed E-state index contributed by atoms with van der Waals surface area (Å²) in [6.07, 6.45) is 0. The molecule has 1 N–H and O–H groups in total. The second-order valence-electron chi connectivity index (χ2n) is 4.90. The highest BCUT2D eigenvalue weighted by molar-refractivity contribution is 7.82. The predicted molar refractivity (Wildman–Crippen MR) is 91.3 cm³/mol. The third-order valence-corrected chi connectivity index (χ3v) is 5.60. The van der Waals surface area contributed by atoms with Gasteiger partial charge in [0.1, 0.15) is 0 Å². The van der Waals surface area contributed by atoms with Gasteiger partial charge in [-0.2, -0.15) is 0 Å². The molecule has 0 radical (unpaired) electrons. The fourth-order valence-electron chi connectivity index (χ4n) is 2.14. The van der Waals surface area contributed by atoms with E-state index in [0.29, 0.717) is 5.56 Å². The highest BCUT2D eigenvalue weighted by Gasteiger charge is 2.34. The smallest absolute Gasteiger partial charge is 0.310 e. The topological polar surface area (TPSA) is 71.4 Å². The van der Waals surface area contributed by atoms with Crippen LogP contribution in [0.25, 0.3) is 0 Å². The molecule has 6 heteroatoms. The van der Waals surface area contributed by atoms with E-state index in [2.05, 4.69) is 0 Å². The molecule has 0 aromatic heterocycles. The third kappa shape index (κ3) is 3.59. The van der Waals surface area contributed by atoms with Gasteiger partial charge in [0.25, 0.3) is 12.9 Å². The second-order valence-corrected chi connectivity index (χ2v) is 6.94. The van der Waals surface area contributed by atoms with Crippen molar-refractivity contribution in [1.29, 1.82) is 0 Å². The maximum Gasteiger partial charge on any atom is 0.310 e. The zero-order valence-electron chi connectivity index (χ0n) is 12.7. The number of carbonyl (C=O) groups excluding carboxylic acids is 1. The maximum atomic E-state index is 12.6. The summed E-state index contributed by atoms with van der Waals surface area (Å²) in [6.45, 7) is 5.60. The van der Waals surface area contributed by atoms with E-state index in [1.54, 1.807) is 49.4 Å². The number of carbonyl (C=O) groups is 1. The number of hydrogen-bond acceptors (Lipinski definition) is 3. The van der Waals surface area contributed by atoms with E-state index in [1.165, 1.54) is 9.12 Å². The van der Waals surface area contributed by atoms with Gasteiger partial charge in [0, 0.05) is 10.9 Å². The largest absolute Gasteiger partial charge is 0.336 e. The molecule has 2 aromatic rings. The second kappa shape index (κ2) is 7.60. The van der Waals surface area contributed by atoms with Gasteiger partial charge in [-0.05, 0) is 43.5 Å². The van der Waals surface area contributed by atoms with Crippen molar-refractivity contribution >= 4 is 27.3 Å². The lowest BCUT2D eigenvalue weighted by molar-refractivity contribution is 0.106. The standard InChI is InChI=1S/C16H17O3P.H2OP/c1-11-9-10-15(13(3)12(11)2)20(18,19)16(17)14-7-5-4-6-8-14;1-2/h4-10H,1-3H3,(H,18,19);2H2/q;+1. The van der Waals surface area contributed by atoms with Gasteiger partial charge in [-0.3, -0.25) is 9.36 Å². The molecule has 0 aliphatic carbocycles. The van der Waals surface area contributed by atoms with Crippen LogP contribution in [0.2, 0.25) is 0 Å². The number of hydrogen-bond donors (Lipinski definition) is 1. The molecule has 0 amide bonds. The summed E-state index contributed by atoms with van der Waals surface area (Å²) in [5.74, 6) is 0. The molecule has 2 rings (SSSR count). The minimum absolute atomic E-state index is 0.231. The van der Waals surface area contributed by atoms with E-state index in [4.69, 9.17) is 4.57 Å². The average molecular weight is 337 g/mol. The van der Waals surface area contributed by atoms with Crippen LogP contribution in [-0.2, 0) is 9.13 Å². The lowest BCUT2D eigenvalue weighted by atomic mass is 10.1. The molecule has 0 aliphatic heterocycles. The fraction of sp³-hybridized carbons (Fsp3) is 0.188. The van der Waals surface area contributed by atoms with Crippen LogP contribution < -0.4 is 5.30 Å². The Morgan fingerprint density at radius 2 is 1.50 bits per heavy atom. The summed E-state index contributed by atoms with van der Waals surface area (Å²) in [6, 6.07) is 11.6. The van der Waals surface area contributed by atoms with Crippen molar-refractivity contribution in [1.82, 2.24) is 0 Å². The van der Waals surface area contributed by atoms with Crippen molar-refractivity contribution in [2.75, 3.05) is 0 Å². The predicted octanol–water partition coefficient (Wildman–Crippen LogP) is 3.55. The molecule has 2 unspecified atom stereocenters. The van der Waals surface area contributed by atoms with Crippen molar-refractivity contribution < 1.29 is 18.8 Å². The Kier molecular flexibility index (Phi) is 6.37. The van der Waals surface area contributed by atoms with Gasteiger partial charge >= 0.3 is 9.12 Å². The Hall–Kier alpha value is -1.60. The van der Waals surface area contributed by atoms with Gasteiger partial charge in [-0.25, -0.2) is 0 Å². The molecule has 0 spiro atoms.